The van der Waals surface area contributed by atoms with E-state index >= 15 is 0 Å². The molecule has 0 bridgehead atoms. The van der Waals surface area contributed by atoms with Gasteiger partial charge in [-0.15, -0.1) is 11.3 Å². The molecule has 108 valence electrons. The van der Waals surface area contributed by atoms with E-state index in [2.05, 4.69) is 26.2 Å². The highest BCUT2D eigenvalue weighted by Gasteiger charge is 2.39. The summed E-state index contributed by atoms with van der Waals surface area (Å²) in [6, 6.07) is 7.54. The number of carbonyl (C=O) groups excluding carboxylic acids is 2. The lowest BCUT2D eigenvalue weighted by atomic mass is 9.81. The second kappa shape index (κ2) is 5.87. The molecule has 0 aliphatic carbocycles. The van der Waals surface area contributed by atoms with E-state index in [1.54, 1.807) is 6.20 Å². The van der Waals surface area contributed by atoms with Crippen LogP contribution in [0.3, 0.4) is 0 Å². The predicted octanol–water partition coefficient (Wildman–Crippen LogP) is 3.47. The molecule has 1 saturated heterocycles. The summed E-state index contributed by atoms with van der Waals surface area (Å²) in [5, 5.41) is 3.12. The summed E-state index contributed by atoms with van der Waals surface area (Å²) in [6.07, 6.45) is 1.78. The number of rotatable bonds is 2. The number of benzene rings is 1. The first-order chi connectivity index (χ1) is 10.0. The van der Waals surface area contributed by atoms with Crippen molar-refractivity contribution in [1.29, 1.82) is 0 Å². The van der Waals surface area contributed by atoms with Gasteiger partial charge in [-0.25, -0.2) is 4.98 Å². The molecule has 1 aromatic heterocycles. The third-order valence-corrected chi connectivity index (χ3v) is 5.11. The summed E-state index contributed by atoms with van der Waals surface area (Å²) in [4.78, 5) is 28.3. The lowest BCUT2D eigenvalue weighted by Crippen LogP contribution is -2.43. The number of halogens is 2. The average molecular weight is 386 g/mol. The normalized spacial score (nSPS) is 22.2. The van der Waals surface area contributed by atoms with Gasteiger partial charge >= 0.3 is 0 Å². The van der Waals surface area contributed by atoms with E-state index in [1.807, 2.05) is 24.3 Å². The monoisotopic (exact) mass is 384 g/mol. The average Bonchev–Trinajstić information content (AvgIpc) is 2.84. The summed E-state index contributed by atoms with van der Waals surface area (Å²) in [5.74, 6) is -1.29. The summed E-state index contributed by atoms with van der Waals surface area (Å²) in [7, 11) is 0. The van der Waals surface area contributed by atoms with Gasteiger partial charge in [0.05, 0.1) is 17.1 Å². The smallest absolute Gasteiger partial charge is 0.234 e. The van der Waals surface area contributed by atoms with Gasteiger partial charge in [0.2, 0.25) is 11.8 Å². The predicted molar refractivity (Wildman–Crippen MR) is 84.5 cm³/mol. The van der Waals surface area contributed by atoms with Crippen LogP contribution in [0, 0.1) is 0 Å². The third-order valence-electron chi connectivity index (χ3n) is 3.37. The van der Waals surface area contributed by atoms with E-state index in [0.29, 0.717) is 9.34 Å². The standard InChI is InChI=1S/C14H10BrClN2O2S/c15-8-3-1-2-7(4-8)12-9(5-11(19)18-13(12)20)14-17-6-10(16)21-14/h1-4,6,9,12H,5H2,(H,18,19,20). The SMILES string of the molecule is O=C1CC(c2ncc(Cl)s2)C(c2cccc(Br)c2)C(=O)N1. The number of thiazole rings is 1. The first kappa shape index (κ1) is 14.7. The Labute approximate surface area is 138 Å². The second-order valence-corrected chi connectivity index (χ2v) is 7.37. The van der Waals surface area contributed by atoms with Crippen molar-refractivity contribution >= 4 is 50.7 Å². The molecule has 2 unspecified atom stereocenters. The molecule has 2 amide bonds. The summed E-state index contributed by atoms with van der Waals surface area (Å²) in [5.41, 5.74) is 0.852. The van der Waals surface area contributed by atoms with Crippen molar-refractivity contribution in [2.75, 3.05) is 0 Å². The van der Waals surface area contributed by atoms with Crippen LogP contribution in [-0.4, -0.2) is 16.8 Å². The molecule has 0 radical (unpaired) electrons. The Hall–Kier alpha value is -1.24. The van der Waals surface area contributed by atoms with Gasteiger partial charge in [-0.05, 0) is 17.7 Å². The van der Waals surface area contributed by atoms with Crippen LogP contribution in [0.2, 0.25) is 4.34 Å². The van der Waals surface area contributed by atoms with E-state index < -0.39 is 5.92 Å². The largest absolute Gasteiger partial charge is 0.296 e. The minimum atomic E-state index is -0.442. The quantitative estimate of drug-likeness (QED) is 0.805. The first-order valence-corrected chi connectivity index (χ1v) is 8.23. The van der Waals surface area contributed by atoms with Gasteiger partial charge < -0.3 is 0 Å². The van der Waals surface area contributed by atoms with Crippen LogP contribution >= 0.6 is 38.9 Å². The molecule has 4 nitrogen and oxygen atoms in total. The van der Waals surface area contributed by atoms with Gasteiger partial charge in [-0.1, -0.05) is 39.7 Å². The van der Waals surface area contributed by atoms with Gasteiger partial charge in [0, 0.05) is 16.8 Å². The lowest BCUT2D eigenvalue weighted by Gasteiger charge is -2.29. The molecule has 1 aromatic carbocycles. The Morgan fingerprint density at radius 3 is 2.86 bits per heavy atom. The molecule has 1 aliphatic heterocycles. The molecule has 2 aromatic rings. The molecule has 0 spiro atoms. The fourth-order valence-corrected chi connectivity index (χ4v) is 4.00. The minimum absolute atomic E-state index is 0.229. The number of piperidine rings is 1. The van der Waals surface area contributed by atoms with E-state index in [-0.39, 0.29) is 24.2 Å². The van der Waals surface area contributed by atoms with Crippen molar-refractivity contribution in [2.24, 2.45) is 0 Å². The Morgan fingerprint density at radius 1 is 1.38 bits per heavy atom. The highest BCUT2D eigenvalue weighted by Crippen LogP contribution is 2.41. The van der Waals surface area contributed by atoms with Crippen molar-refractivity contribution in [3.8, 4) is 0 Å². The number of nitrogens with zero attached hydrogens (tertiary/aromatic N) is 1. The van der Waals surface area contributed by atoms with Gasteiger partial charge in [0.25, 0.3) is 0 Å². The third kappa shape index (κ3) is 3.02. The van der Waals surface area contributed by atoms with Crippen molar-refractivity contribution < 1.29 is 9.59 Å². The molecule has 1 N–H and O–H groups in total. The second-order valence-electron chi connectivity index (χ2n) is 4.76. The fraction of sp³-hybridized carbons (Fsp3) is 0.214. The van der Waals surface area contributed by atoms with Gasteiger partial charge in [0.1, 0.15) is 4.34 Å². The molecule has 2 atom stereocenters. The van der Waals surface area contributed by atoms with E-state index in [9.17, 15) is 9.59 Å². The molecular formula is C14H10BrClN2O2S. The Morgan fingerprint density at radius 2 is 2.19 bits per heavy atom. The van der Waals surface area contributed by atoms with Crippen molar-refractivity contribution in [2.45, 2.75) is 18.3 Å². The van der Waals surface area contributed by atoms with E-state index in [4.69, 9.17) is 11.6 Å². The molecule has 7 heteroatoms. The minimum Gasteiger partial charge on any atom is -0.296 e. The van der Waals surface area contributed by atoms with Gasteiger partial charge in [-0.2, -0.15) is 0 Å². The maximum absolute atomic E-state index is 12.3. The molecule has 2 heterocycles. The van der Waals surface area contributed by atoms with Crippen molar-refractivity contribution in [3.63, 3.8) is 0 Å². The number of hydrogen-bond acceptors (Lipinski definition) is 4. The highest BCUT2D eigenvalue weighted by atomic mass is 79.9. The number of imide groups is 1. The first-order valence-electron chi connectivity index (χ1n) is 6.25. The zero-order chi connectivity index (χ0) is 15.0. The molecular weight excluding hydrogens is 376 g/mol. The van der Waals surface area contributed by atoms with E-state index in [1.165, 1.54) is 11.3 Å². The molecule has 21 heavy (non-hydrogen) atoms. The zero-order valence-electron chi connectivity index (χ0n) is 10.7. The zero-order valence-corrected chi connectivity index (χ0v) is 13.8. The lowest BCUT2D eigenvalue weighted by molar-refractivity contribution is -0.135. The van der Waals surface area contributed by atoms with Gasteiger partial charge in [0.15, 0.2) is 0 Å². The fourth-order valence-electron chi connectivity index (χ4n) is 2.52. The number of nitrogens with one attached hydrogen (secondary N) is 1. The maximum Gasteiger partial charge on any atom is 0.234 e. The number of carbonyl (C=O) groups is 2. The number of amides is 2. The van der Waals surface area contributed by atoms with Crippen molar-refractivity contribution in [3.05, 3.63) is 49.8 Å². The topological polar surface area (TPSA) is 59.1 Å². The highest BCUT2D eigenvalue weighted by molar-refractivity contribution is 9.10. The van der Waals surface area contributed by atoms with Crippen LogP contribution in [0.25, 0.3) is 0 Å². The van der Waals surface area contributed by atoms with E-state index in [0.717, 1.165) is 10.0 Å². The summed E-state index contributed by atoms with van der Waals surface area (Å²) in [6.45, 7) is 0. The Bertz CT molecular complexity index is 719. The molecule has 1 fully saturated rings. The Kier molecular flexibility index (Phi) is 4.10. The van der Waals surface area contributed by atoms with Crippen LogP contribution in [0.1, 0.15) is 28.8 Å². The van der Waals surface area contributed by atoms with Crippen molar-refractivity contribution in [1.82, 2.24) is 10.3 Å². The molecule has 0 saturated carbocycles. The molecule has 3 rings (SSSR count). The Balaban J connectivity index is 2.04. The van der Waals surface area contributed by atoms with Crippen LogP contribution in [0.4, 0.5) is 0 Å². The van der Waals surface area contributed by atoms with Gasteiger partial charge in [-0.3, -0.25) is 14.9 Å². The number of hydrogen-bond donors (Lipinski definition) is 1. The summed E-state index contributed by atoms with van der Waals surface area (Å²) >= 11 is 10.7. The maximum atomic E-state index is 12.3. The molecule has 1 aliphatic rings. The summed E-state index contributed by atoms with van der Waals surface area (Å²) < 4.78 is 1.44. The van der Waals surface area contributed by atoms with Crippen LogP contribution in [0.5, 0.6) is 0 Å². The van der Waals surface area contributed by atoms with Crippen LogP contribution < -0.4 is 5.32 Å². The van der Waals surface area contributed by atoms with Crippen LogP contribution in [0.15, 0.2) is 34.9 Å². The number of aromatic nitrogens is 1. The van der Waals surface area contributed by atoms with Crippen LogP contribution in [-0.2, 0) is 9.59 Å².